The zero-order valence-electron chi connectivity index (χ0n) is 9.99. The number of aliphatic hydroxyl groups excluding tert-OH is 1. The number of nitrogens with one attached hydrogen (secondary N) is 1. The molecule has 0 fully saturated rings. The summed E-state index contributed by atoms with van der Waals surface area (Å²) in [5.74, 6) is -0.328. The molecule has 1 atom stereocenters. The lowest BCUT2D eigenvalue weighted by Gasteiger charge is -2.29. The van der Waals surface area contributed by atoms with E-state index >= 15 is 0 Å². The van der Waals surface area contributed by atoms with Crippen molar-refractivity contribution >= 4 is 21.8 Å². The fraction of sp³-hybridized carbons (Fsp3) is 0.417. The Kier molecular flexibility index (Phi) is 4.16. The van der Waals surface area contributed by atoms with Gasteiger partial charge >= 0.3 is 0 Å². The molecule has 0 spiro atoms. The number of aliphatic hydroxyl groups is 1. The van der Waals surface area contributed by atoms with Gasteiger partial charge in [0.2, 0.25) is 0 Å². The number of hydrogen-bond acceptors (Lipinski definition) is 3. The van der Waals surface area contributed by atoms with E-state index < -0.39 is 11.6 Å². The Morgan fingerprint density at radius 3 is 2.53 bits per heavy atom. The van der Waals surface area contributed by atoms with Crippen molar-refractivity contribution in [1.29, 1.82) is 0 Å². The Labute approximate surface area is 109 Å². The normalized spacial score (nSPS) is 13.2. The Bertz CT molecular complexity index is 430. The van der Waals surface area contributed by atoms with Crippen LogP contribution < -0.4 is 5.32 Å². The number of aromatic hydroxyl groups is 1. The summed E-state index contributed by atoms with van der Waals surface area (Å²) in [5, 5.41) is 21.7. The minimum atomic E-state index is -0.722. The fourth-order valence-corrected chi connectivity index (χ4v) is 1.37. The molecule has 1 rings (SSSR count). The van der Waals surface area contributed by atoms with Gasteiger partial charge in [-0.1, -0.05) is 0 Å². The molecule has 3 N–H and O–H groups in total. The molecule has 17 heavy (non-hydrogen) atoms. The molecule has 94 valence electrons. The lowest BCUT2D eigenvalue weighted by molar-refractivity contribution is 0.0709. The van der Waals surface area contributed by atoms with Crippen LogP contribution in [0.4, 0.5) is 0 Å². The van der Waals surface area contributed by atoms with Gasteiger partial charge in [-0.15, -0.1) is 0 Å². The maximum Gasteiger partial charge on any atom is 0.251 e. The van der Waals surface area contributed by atoms with E-state index in [2.05, 4.69) is 21.2 Å². The Morgan fingerprint density at radius 2 is 2.06 bits per heavy atom. The summed E-state index contributed by atoms with van der Waals surface area (Å²) in [6.07, 6.45) is -0.671. The molecule has 1 unspecified atom stereocenters. The molecule has 0 aromatic heterocycles. The van der Waals surface area contributed by atoms with Crippen molar-refractivity contribution < 1.29 is 15.0 Å². The third-order valence-corrected chi connectivity index (χ3v) is 3.36. The van der Waals surface area contributed by atoms with E-state index in [0.29, 0.717) is 10.0 Å². The van der Waals surface area contributed by atoms with Crippen LogP contribution in [0, 0.1) is 0 Å². The van der Waals surface area contributed by atoms with Crippen LogP contribution in [-0.4, -0.2) is 27.8 Å². The van der Waals surface area contributed by atoms with Crippen LogP contribution >= 0.6 is 15.9 Å². The zero-order chi connectivity index (χ0) is 13.2. The molecule has 5 heteroatoms. The van der Waals surface area contributed by atoms with Crippen molar-refractivity contribution in [2.45, 2.75) is 32.4 Å². The van der Waals surface area contributed by atoms with Crippen molar-refractivity contribution in [3.8, 4) is 5.75 Å². The maximum atomic E-state index is 11.9. The van der Waals surface area contributed by atoms with Gasteiger partial charge in [0.1, 0.15) is 5.75 Å². The highest BCUT2D eigenvalue weighted by atomic mass is 79.9. The molecule has 0 aliphatic carbocycles. The van der Waals surface area contributed by atoms with Crippen molar-refractivity contribution in [1.82, 2.24) is 5.32 Å². The Hall–Kier alpha value is -1.07. The number of benzene rings is 1. The van der Waals surface area contributed by atoms with Crippen molar-refractivity contribution in [2.75, 3.05) is 0 Å². The van der Waals surface area contributed by atoms with E-state index in [-0.39, 0.29) is 11.7 Å². The average Bonchev–Trinajstić information content (AvgIpc) is 2.21. The van der Waals surface area contributed by atoms with Gasteiger partial charge in [0.15, 0.2) is 0 Å². The van der Waals surface area contributed by atoms with Crippen molar-refractivity contribution in [3.05, 3.63) is 28.2 Å². The third kappa shape index (κ3) is 3.44. The fourth-order valence-electron chi connectivity index (χ4n) is 1.12. The lowest BCUT2D eigenvalue weighted by atomic mass is 9.98. The topological polar surface area (TPSA) is 69.6 Å². The molecule has 0 bridgehead atoms. The average molecular weight is 302 g/mol. The van der Waals surface area contributed by atoms with E-state index in [1.54, 1.807) is 32.9 Å². The molecule has 1 aromatic rings. The highest BCUT2D eigenvalue weighted by molar-refractivity contribution is 9.10. The van der Waals surface area contributed by atoms with E-state index in [9.17, 15) is 15.0 Å². The molecule has 0 aliphatic heterocycles. The van der Waals surface area contributed by atoms with E-state index in [1.165, 1.54) is 6.07 Å². The first-order chi connectivity index (χ1) is 7.74. The molecule has 1 aromatic carbocycles. The van der Waals surface area contributed by atoms with Crippen LogP contribution in [0.1, 0.15) is 31.1 Å². The van der Waals surface area contributed by atoms with Gasteiger partial charge in [0, 0.05) is 5.56 Å². The molecule has 1 amide bonds. The van der Waals surface area contributed by atoms with Gasteiger partial charge in [-0.2, -0.15) is 0 Å². The number of amides is 1. The molecular weight excluding hydrogens is 286 g/mol. The van der Waals surface area contributed by atoms with Gasteiger partial charge in [-0.3, -0.25) is 4.79 Å². The molecule has 0 heterocycles. The first kappa shape index (κ1) is 14.0. The molecule has 0 saturated heterocycles. The maximum absolute atomic E-state index is 11.9. The predicted molar refractivity (Wildman–Crippen MR) is 69.0 cm³/mol. The van der Waals surface area contributed by atoms with E-state index in [1.807, 2.05) is 0 Å². The highest BCUT2D eigenvalue weighted by Gasteiger charge is 2.26. The van der Waals surface area contributed by atoms with E-state index in [4.69, 9.17) is 0 Å². The van der Waals surface area contributed by atoms with Crippen LogP contribution in [0.3, 0.4) is 0 Å². The highest BCUT2D eigenvalue weighted by Crippen LogP contribution is 2.24. The van der Waals surface area contributed by atoms with Crippen LogP contribution in [-0.2, 0) is 0 Å². The molecule has 4 nitrogen and oxygen atoms in total. The summed E-state index contributed by atoms with van der Waals surface area (Å²) < 4.78 is 0.531. The van der Waals surface area contributed by atoms with Crippen LogP contribution in [0.5, 0.6) is 5.75 Å². The van der Waals surface area contributed by atoms with Gasteiger partial charge in [-0.05, 0) is 54.9 Å². The summed E-state index contributed by atoms with van der Waals surface area (Å²) in [6, 6.07) is 4.56. The predicted octanol–water partition coefficient (Wildman–Crippen LogP) is 2.04. The minimum Gasteiger partial charge on any atom is -0.507 e. The smallest absolute Gasteiger partial charge is 0.251 e. The molecule has 0 saturated carbocycles. The second-order valence-electron chi connectivity index (χ2n) is 4.52. The van der Waals surface area contributed by atoms with Crippen LogP contribution in [0.15, 0.2) is 22.7 Å². The van der Waals surface area contributed by atoms with Crippen molar-refractivity contribution in [3.63, 3.8) is 0 Å². The van der Waals surface area contributed by atoms with Gasteiger partial charge in [0.05, 0.1) is 16.1 Å². The van der Waals surface area contributed by atoms with Crippen molar-refractivity contribution in [2.24, 2.45) is 0 Å². The Balaban J connectivity index is 2.87. The minimum absolute atomic E-state index is 0.00695. The molecule has 0 aliphatic rings. The van der Waals surface area contributed by atoms with Gasteiger partial charge in [0.25, 0.3) is 5.91 Å². The lowest BCUT2D eigenvalue weighted by Crippen LogP contribution is -2.50. The molecular formula is C12H16BrNO3. The number of halogens is 1. The summed E-state index contributed by atoms with van der Waals surface area (Å²) in [4.78, 5) is 11.9. The zero-order valence-corrected chi connectivity index (χ0v) is 11.6. The quantitative estimate of drug-likeness (QED) is 0.800. The third-order valence-electron chi connectivity index (χ3n) is 2.69. The standard InChI is InChI=1S/C12H16BrNO3/c1-7(15)12(2,3)14-11(17)8-4-5-9(13)10(16)6-8/h4-7,15-16H,1-3H3,(H,14,17). The van der Waals surface area contributed by atoms with Crippen LogP contribution in [0.25, 0.3) is 0 Å². The summed E-state index contributed by atoms with van der Waals surface area (Å²) in [5.41, 5.74) is -0.376. The van der Waals surface area contributed by atoms with Gasteiger partial charge in [-0.25, -0.2) is 0 Å². The first-order valence-electron chi connectivity index (χ1n) is 5.23. The number of carbonyl (C=O) groups is 1. The monoisotopic (exact) mass is 301 g/mol. The SMILES string of the molecule is CC(O)C(C)(C)NC(=O)c1ccc(Br)c(O)c1. The summed E-state index contributed by atoms with van der Waals surface area (Å²) in [7, 11) is 0. The number of phenolic OH excluding ortho intramolecular Hbond substituents is 1. The molecule has 0 radical (unpaired) electrons. The van der Waals surface area contributed by atoms with Crippen LogP contribution in [0.2, 0.25) is 0 Å². The van der Waals surface area contributed by atoms with Gasteiger partial charge < -0.3 is 15.5 Å². The number of carbonyl (C=O) groups excluding carboxylic acids is 1. The summed E-state index contributed by atoms with van der Waals surface area (Å²) in [6.45, 7) is 5.07. The summed E-state index contributed by atoms with van der Waals surface area (Å²) >= 11 is 3.14. The second kappa shape index (κ2) is 5.06. The first-order valence-corrected chi connectivity index (χ1v) is 6.02. The van der Waals surface area contributed by atoms with E-state index in [0.717, 1.165) is 0 Å². The largest absolute Gasteiger partial charge is 0.507 e. The Morgan fingerprint density at radius 1 is 1.47 bits per heavy atom. The second-order valence-corrected chi connectivity index (χ2v) is 5.37. The number of hydrogen-bond donors (Lipinski definition) is 3. The number of phenols is 1. The number of rotatable bonds is 3.